The van der Waals surface area contributed by atoms with Gasteiger partial charge in [0.05, 0.1) is 11.3 Å². The zero-order chi connectivity index (χ0) is 24.3. The van der Waals surface area contributed by atoms with Gasteiger partial charge in [-0.1, -0.05) is 54.8 Å². The number of piperidine rings is 1. The molecule has 1 aromatic heterocycles. The standard InChI is InChI=1S/C24H27ClN4O4S/c1-16(2)18-5-3-17(4-6-18)15-22-27-28-24(33-22)26-23(30)19-11-13-29(14-12-19)34(31,32)21-9-7-20(25)8-10-21/h3-10,16,19H,11-15H2,1-2H3,(H,26,28,30). The maximum absolute atomic E-state index is 12.8. The zero-order valence-corrected chi connectivity index (χ0v) is 20.6. The van der Waals surface area contributed by atoms with Crippen molar-refractivity contribution in [2.24, 2.45) is 5.92 Å². The monoisotopic (exact) mass is 502 g/mol. The number of hydrogen-bond donors (Lipinski definition) is 1. The number of halogens is 1. The Labute approximate surface area is 204 Å². The van der Waals surface area contributed by atoms with Gasteiger partial charge in [0.15, 0.2) is 0 Å². The Morgan fingerprint density at radius 3 is 2.35 bits per heavy atom. The Morgan fingerprint density at radius 2 is 1.74 bits per heavy atom. The van der Waals surface area contributed by atoms with Crippen molar-refractivity contribution in [2.45, 2.75) is 43.9 Å². The summed E-state index contributed by atoms with van der Waals surface area (Å²) >= 11 is 5.86. The molecule has 3 aromatic rings. The van der Waals surface area contributed by atoms with Crippen LogP contribution in [0.2, 0.25) is 5.02 Å². The van der Waals surface area contributed by atoms with Crippen LogP contribution < -0.4 is 5.32 Å². The van der Waals surface area contributed by atoms with Gasteiger partial charge in [0.2, 0.25) is 21.8 Å². The Balaban J connectivity index is 1.30. The van der Waals surface area contributed by atoms with Crippen LogP contribution in [0.4, 0.5) is 6.01 Å². The molecular weight excluding hydrogens is 476 g/mol. The maximum atomic E-state index is 12.8. The minimum absolute atomic E-state index is 0.0509. The van der Waals surface area contributed by atoms with E-state index in [4.69, 9.17) is 16.0 Å². The minimum atomic E-state index is -3.62. The number of carbonyl (C=O) groups is 1. The van der Waals surface area contributed by atoms with Crippen molar-refractivity contribution >= 4 is 33.5 Å². The number of carbonyl (C=O) groups excluding carboxylic acids is 1. The molecule has 1 aliphatic heterocycles. The molecule has 1 N–H and O–H groups in total. The summed E-state index contributed by atoms with van der Waals surface area (Å²) in [5, 5.41) is 11.1. The largest absolute Gasteiger partial charge is 0.407 e. The van der Waals surface area contributed by atoms with E-state index in [9.17, 15) is 13.2 Å². The van der Waals surface area contributed by atoms with Crippen molar-refractivity contribution in [1.82, 2.24) is 14.5 Å². The van der Waals surface area contributed by atoms with Gasteiger partial charge >= 0.3 is 6.01 Å². The number of anilines is 1. The molecule has 2 heterocycles. The molecule has 0 unspecified atom stereocenters. The molecule has 1 fully saturated rings. The molecule has 0 bridgehead atoms. The van der Waals surface area contributed by atoms with E-state index in [0.717, 1.165) is 5.56 Å². The second kappa shape index (κ2) is 10.2. The fourth-order valence-electron chi connectivity index (χ4n) is 3.89. The van der Waals surface area contributed by atoms with Crippen LogP contribution >= 0.6 is 11.6 Å². The van der Waals surface area contributed by atoms with Crippen LogP contribution in [0.3, 0.4) is 0 Å². The first kappa shape index (κ1) is 24.4. The minimum Gasteiger partial charge on any atom is -0.407 e. The second-order valence-electron chi connectivity index (χ2n) is 8.70. The van der Waals surface area contributed by atoms with E-state index in [-0.39, 0.29) is 35.8 Å². The van der Waals surface area contributed by atoms with Crippen molar-refractivity contribution < 1.29 is 17.6 Å². The zero-order valence-electron chi connectivity index (χ0n) is 19.1. The molecule has 1 saturated heterocycles. The topological polar surface area (TPSA) is 105 Å². The average Bonchev–Trinajstić information content (AvgIpc) is 3.26. The molecule has 0 aliphatic carbocycles. The summed E-state index contributed by atoms with van der Waals surface area (Å²) in [6, 6.07) is 14.4. The van der Waals surface area contributed by atoms with Crippen molar-refractivity contribution in [3.63, 3.8) is 0 Å². The van der Waals surface area contributed by atoms with Gasteiger partial charge in [-0.05, 0) is 54.2 Å². The van der Waals surface area contributed by atoms with Crippen LogP contribution in [0.5, 0.6) is 0 Å². The first-order valence-electron chi connectivity index (χ1n) is 11.2. The highest BCUT2D eigenvalue weighted by Crippen LogP contribution is 2.26. The molecule has 0 saturated carbocycles. The maximum Gasteiger partial charge on any atom is 0.322 e. The summed E-state index contributed by atoms with van der Waals surface area (Å²) in [5.41, 5.74) is 2.30. The van der Waals surface area contributed by atoms with E-state index >= 15 is 0 Å². The molecule has 1 amide bonds. The quantitative estimate of drug-likeness (QED) is 0.510. The first-order chi connectivity index (χ1) is 16.2. The molecular formula is C24H27ClN4O4S. The number of rotatable bonds is 7. The van der Waals surface area contributed by atoms with Crippen molar-refractivity contribution in [2.75, 3.05) is 18.4 Å². The lowest BCUT2D eigenvalue weighted by molar-refractivity contribution is -0.121. The fourth-order valence-corrected chi connectivity index (χ4v) is 5.49. The predicted octanol–water partition coefficient (Wildman–Crippen LogP) is 4.48. The van der Waals surface area contributed by atoms with E-state index in [2.05, 4.69) is 41.5 Å². The Morgan fingerprint density at radius 1 is 1.09 bits per heavy atom. The second-order valence-corrected chi connectivity index (χ2v) is 11.1. The highest BCUT2D eigenvalue weighted by Gasteiger charge is 2.32. The Kier molecular flexibility index (Phi) is 7.35. The third kappa shape index (κ3) is 5.65. The molecule has 180 valence electrons. The fraction of sp³-hybridized carbons (Fsp3) is 0.375. The number of nitrogens with one attached hydrogen (secondary N) is 1. The molecule has 10 heteroatoms. The van der Waals surface area contributed by atoms with E-state index in [1.165, 1.54) is 22.0 Å². The summed E-state index contributed by atoms with van der Waals surface area (Å²) in [4.78, 5) is 12.9. The normalized spacial score (nSPS) is 15.5. The third-order valence-corrected chi connectivity index (χ3v) is 8.14. The summed E-state index contributed by atoms with van der Waals surface area (Å²) in [6.45, 7) is 4.80. The molecule has 8 nitrogen and oxygen atoms in total. The molecule has 4 rings (SSSR count). The van der Waals surface area contributed by atoms with Gasteiger partial charge in [0.25, 0.3) is 0 Å². The lowest BCUT2D eigenvalue weighted by Gasteiger charge is -2.30. The van der Waals surface area contributed by atoms with Gasteiger partial charge in [-0.15, -0.1) is 5.10 Å². The molecule has 34 heavy (non-hydrogen) atoms. The summed E-state index contributed by atoms with van der Waals surface area (Å²) in [5.74, 6) is 0.288. The summed E-state index contributed by atoms with van der Waals surface area (Å²) in [6.07, 6.45) is 1.28. The van der Waals surface area contributed by atoms with E-state index in [1.807, 2.05) is 12.1 Å². The highest BCUT2D eigenvalue weighted by atomic mass is 35.5. The average molecular weight is 503 g/mol. The summed E-state index contributed by atoms with van der Waals surface area (Å²) < 4.78 is 32.6. The Bertz CT molecular complexity index is 1230. The van der Waals surface area contributed by atoms with Crippen LogP contribution in [0.25, 0.3) is 0 Å². The Hall–Kier alpha value is -2.75. The smallest absolute Gasteiger partial charge is 0.322 e. The van der Waals surface area contributed by atoms with Gasteiger partial charge in [-0.2, -0.15) is 4.31 Å². The van der Waals surface area contributed by atoms with Crippen LogP contribution in [-0.4, -0.2) is 41.9 Å². The molecule has 0 spiro atoms. The van der Waals surface area contributed by atoms with Crippen molar-refractivity contribution in [3.05, 3.63) is 70.6 Å². The first-order valence-corrected chi connectivity index (χ1v) is 13.0. The van der Waals surface area contributed by atoms with Crippen LogP contribution in [0.15, 0.2) is 57.8 Å². The third-order valence-electron chi connectivity index (χ3n) is 5.97. The number of hydrogen-bond acceptors (Lipinski definition) is 6. The van der Waals surface area contributed by atoms with E-state index < -0.39 is 10.0 Å². The molecule has 1 aliphatic rings. The van der Waals surface area contributed by atoms with Gasteiger partial charge < -0.3 is 4.42 Å². The number of nitrogens with zero attached hydrogens (tertiary/aromatic N) is 3. The molecule has 0 atom stereocenters. The summed E-state index contributed by atoms with van der Waals surface area (Å²) in [7, 11) is -3.62. The number of aromatic nitrogens is 2. The van der Waals surface area contributed by atoms with Crippen LogP contribution in [-0.2, 0) is 21.2 Å². The number of benzene rings is 2. The van der Waals surface area contributed by atoms with Crippen LogP contribution in [0.1, 0.15) is 49.6 Å². The lowest BCUT2D eigenvalue weighted by atomic mass is 9.97. The molecule has 2 aromatic carbocycles. The van der Waals surface area contributed by atoms with E-state index in [1.54, 1.807) is 12.1 Å². The van der Waals surface area contributed by atoms with Gasteiger partial charge in [-0.3, -0.25) is 10.1 Å². The van der Waals surface area contributed by atoms with Gasteiger partial charge in [-0.25, -0.2) is 8.42 Å². The van der Waals surface area contributed by atoms with Gasteiger partial charge in [0.1, 0.15) is 0 Å². The van der Waals surface area contributed by atoms with E-state index in [0.29, 0.717) is 36.1 Å². The lowest BCUT2D eigenvalue weighted by Crippen LogP contribution is -2.41. The van der Waals surface area contributed by atoms with Crippen LogP contribution in [0, 0.1) is 5.92 Å². The number of sulfonamides is 1. The highest BCUT2D eigenvalue weighted by molar-refractivity contribution is 7.89. The van der Waals surface area contributed by atoms with Crippen molar-refractivity contribution in [1.29, 1.82) is 0 Å². The van der Waals surface area contributed by atoms with Crippen molar-refractivity contribution in [3.8, 4) is 0 Å². The number of amides is 1. The van der Waals surface area contributed by atoms with Gasteiger partial charge in [0, 0.05) is 24.0 Å². The predicted molar refractivity (Wildman–Crippen MR) is 129 cm³/mol. The SMILES string of the molecule is CC(C)c1ccc(Cc2nnc(NC(=O)C3CCN(S(=O)(=O)c4ccc(Cl)cc4)CC3)o2)cc1. The molecule has 0 radical (unpaired) electrons.